The van der Waals surface area contributed by atoms with Crippen LogP contribution < -0.4 is 10.6 Å². The molecular formula is C17H30N2O11. The predicted molar refractivity (Wildman–Crippen MR) is 96.6 cm³/mol. The Bertz CT molecular complexity index is 594. The Morgan fingerprint density at radius 3 is 2.03 bits per heavy atom. The van der Waals surface area contributed by atoms with Crippen molar-refractivity contribution in [3.05, 3.63) is 0 Å². The van der Waals surface area contributed by atoms with Gasteiger partial charge in [0.05, 0.1) is 13.2 Å². The molecule has 2 fully saturated rings. The molecule has 2 rings (SSSR count). The van der Waals surface area contributed by atoms with E-state index in [1.54, 1.807) is 0 Å². The van der Waals surface area contributed by atoms with Crippen LogP contribution in [0.25, 0.3) is 0 Å². The van der Waals surface area contributed by atoms with Crippen LogP contribution in [0.5, 0.6) is 0 Å². The van der Waals surface area contributed by atoms with Gasteiger partial charge in [-0.05, 0) is 0 Å². The van der Waals surface area contributed by atoms with Gasteiger partial charge >= 0.3 is 0 Å². The molecule has 0 saturated carbocycles. The van der Waals surface area contributed by atoms with E-state index in [-0.39, 0.29) is 6.61 Å². The average Bonchev–Trinajstić information content (AvgIpc) is 2.67. The zero-order valence-electron chi connectivity index (χ0n) is 16.9. The van der Waals surface area contributed by atoms with E-state index in [9.17, 15) is 35.1 Å². The van der Waals surface area contributed by atoms with Gasteiger partial charge in [0.15, 0.2) is 12.6 Å². The molecule has 13 nitrogen and oxygen atoms in total. The lowest BCUT2D eigenvalue weighted by Gasteiger charge is -2.47. The molecule has 2 amide bonds. The summed E-state index contributed by atoms with van der Waals surface area (Å²) >= 11 is 0. The number of aliphatic hydroxyl groups excluding tert-OH is 5. The minimum atomic E-state index is -1.62. The first kappa shape index (κ1) is 24.8. The van der Waals surface area contributed by atoms with Gasteiger partial charge in [0.1, 0.15) is 48.7 Å². The predicted octanol–water partition coefficient (Wildman–Crippen LogP) is -4.46. The maximum atomic E-state index is 11.6. The Labute approximate surface area is 172 Å². The minimum Gasteiger partial charge on any atom is -0.394 e. The summed E-state index contributed by atoms with van der Waals surface area (Å²) in [5.74, 6) is -1.09. The number of aliphatic hydroxyl groups is 5. The van der Waals surface area contributed by atoms with Gasteiger partial charge in [-0.3, -0.25) is 9.59 Å². The molecule has 0 aromatic heterocycles. The van der Waals surface area contributed by atoms with Crippen LogP contribution in [0.3, 0.4) is 0 Å². The number of carbonyl (C=O) groups is 2. The summed E-state index contributed by atoms with van der Waals surface area (Å²) in [5.41, 5.74) is 0. The number of methoxy groups -OCH3 is 1. The molecule has 2 heterocycles. The zero-order chi connectivity index (χ0) is 22.6. The van der Waals surface area contributed by atoms with Crippen molar-refractivity contribution in [3.8, 4) is 0 Å². The second kappa shape index (κ2) is 10.7. The largest absolute Gasteiger partial charge is 0.394 e. The number of carbonyl (C=O) groups excluding carboxylic acids is 2. The number of ether oxygens (including phenoxy) is 4. The highest BCUT2D eigenvalue weighted by atomic mass is 16.7. The molecule has 0 radical (unpaired) electrons. The number of hydrogen-bond donors (Lipinski definition) is 7. The van der Waals surface area contributed by atoms with Crippen LogP contribution in [0.1, 0.15) is 13.8 Å². The standard InChI is InChI=1S/C17H30N2O11/c1-6(21)18-10-14(25)15(8(4-20)28-16(10)26)30-17-11(19-7(2)22)13(24)12(23)9(29-17)5-27-3/h8-17,20,23-26H,4-5H2,1-3H3,(H,18,21)(H,19,22)/t8-,9-,10-,11-,12-,13+,14-,15-,16-,17-/m1/s1. The summed E-state index contributed by atoms with van der Waals surface area (Å²) in [5, 5.41) is 55.8. The fraction of sp³-hybridized carbons (Fsp3) is 0.882. The van der Waals surface area contributed by atoms with Gasteiger partial charge in [0.2, 0.25) is 11.8 Å². The molecule has 174 valence electrons. The summed E-state index contributed by atoms with van der Waals surface area (Å²) in [7, 11) is 1.36. The van der Waals surface area contributed by atoms with Gasteiger partial charge in [-0.15, -0.1) is 0 Å². The lowest BCUT2D eigenvalue weighted by atomic mass is 9.94. The smallest absolute Gasteiger partial charge is 0.217 e. The highest BCUT2D eigenvalue weighted by Crippen LogP contribution is 2.29. The van der Waals surface area contributed by atoms with Gasteiger partial charge < -0.3 is 55.1 Å². The van der Waals surface area contributed by atoms with Crippen molar-refractivity contribution >= 4 is 11.8 Å². The minimum absolute atomic E-state index is 0.106. The van der Waals surface area contributed by atoms with Crippen LogP contribution in [0.2, 0.25) is 0 Å². The van der Waals surface area contributed by atoms with Crippen LogP contribution in [0.4, 0.5) is 0 Å². The lowest BCUT2D eigenvalue weighted by molar-refractivity contribution is -0.328. The topological polar surface area (TPSA) is 196 Å². The molecule has 2 aliphatic heterocycles. The SMILES string of the molecule is COC[C@H]1O[C@H](O[C@H]2[C@H](O)[C@@H](NC(C)=O)[C@H](O)O[C@@H]2CO)[C@H](NC(C)=O)[C@H](O)[C@@H]1O. The fourth-order valence-electron chi connectivity index (χ4n) is 3.53. The second-order valence-corrected chi connectivity index (χ2v) is 7.27. The molecular weight excluding hydrogens is 408 g/mol. The molecule has 0 unspecified atom stereocenters. The van der Waals surface area contributed by atoms with Gasteiger partial charge in [-0.25, -0.2) is 0 Å². The molecule has 0 aromatic carbocycles. The van der Waals surface area contributed by atoms with E-state index in [4.69, 9.17) is 18.9 Å². The van der Waals surface area contributed by atoms with Gasteiger partial charge in [-0.1, -0.05) is 0 Å². The Morgan fingerprint density at radius 2 is 1.50 bits per heavy atom. The summed E-state index contributed by atoms with van der Waals surface area (Å²) in [6, 6.07) is -2.51. The molecule has 2 saturated heterocycles. The Hall–Kier alpha value is -1.42. The molecule has 7 N–H and O–H groups in total. The van der Waals surface area contributed by atoms with E-state index in [1.165, 1.54) is 21.0 Å². The van der Waals surface area contributed by atoms with Gasteiger partial charge in [-0.2, -0.15) is 0 Å². The first-order valence-corrected chi connectivity index (χ1v) is 9.43. The Kier molecular flexibility index (Phi) is 8.90. The maximum absolute atomic E-state index is 11.6. The van der Waals surface area contributed by atoms with E-state index >= 15 is 0 Å². The summed E-state index contributed by atoms with van der Waals surface area (Å²) in [6.45, 7) is 1.61. The molecule has 13 heteroatoms. The van der Waals surface area contributed by atoms with Crippen LogP contribution in [-0.4, -0.2) is 119 Å². The average molecular weight is 438 g/mol. The van der Waals surface area contributed by atoms with E-state index < -0.39 is 79.7 Å². The number of rotatable bonds is 7. The van der Waals surface area contributed by atoms with E-state index in [0.717, 1.165) is 0 Å². The molecule has 10 atom stereocenters. The third kappa shape index (κ3) is 5.63. The number of hydrogen-bond acceptors (Lipinski definition) is 11. The first-order valence-electron chi connectivity index (χ1n) is 9.43. The third-order valence-corrected chi connectivity index (χ3v) is 4.94. The van der Waals surface area contributed by atoms with Crippen molar-refractivity contribution in [3.63, 3.8) is 0 Å². The number of amides is 2. The molecule has 0 spiro atoms. The van der Waals surface area contributed by atoms with E-state index in [2.05, 4.69) is 10.6 Å². The zero-order valence-corrected chi connectivity index (χ0v) is 16.9. The Morgan fingerprint density at radius 1 is 0.900 bits per heavy atom. The highest BCUT2D eigenvalue weighted by molar-refractivity contribution is 5.73. The van der Waals surface area contributed by atoms with Crippen molar-refractivity contribution in [1.29, 1.82) is 0 Å². The molecule has 30 heavy (non-hydrogen) atoms. The van der Waals surface area contributed by atoms with Crippen LogP contribution in [-0.2, 0) is 28.5 Å². The fourth-order valence-corrected chi connectivity index (χ4v) is 3.53. The van der Waals surface area contributed by atoms with E-state index in [0.29, 0.717) is 0 Å². The van der Waals surface area contributed by atoms with Crippen LogP contribution >= 0.6 is 0 Å². The van der Waals surface area contributed by atoms with Crippen LogP contribution in [0, 0.1) is 0 Å². The van der Waals surface area contributed by atoms with Crippen molar-refractivity contribution in [2.24, 2.45) is 0 Å². The quantitative estimate of drug-likeness (QED) is 0.202. The van der Waals surface area contributed by atoms with Gasteiger partial charge in [0.25, 0.3) is 0 Å². The van der Waals surface area contributed by atoms with Crippen molar-refractivity contribution in [1.82, 2.24) is 10.6 Å². The lowest BCUT2D eigenvalue weighted by Crippen LogP contribution is -2.69. The molecule has 2 aliphatic rings. The van der Waals surface area contributed by atoms with Crippen molar-refractivity contribution in [2.45, 2.75) is 75.1 Å². The third-order valence-electron chi connectivity index (χ3n) is 4.94. The second-order valence-electron chi connectivity index (χ2n) is 7.27. The highest BCUT2D eigenvalue weighted by Gasteiger charge is 2.51. The molecule has 0 bridgehead atoms. The summed E-state index contributed by atoms with van der Waals surface area (Å²) < 4.78 is 21.6. The van der Waals surface area contributed by atoms with Crippen molar-refractivity contribution < 1.29 is 54.1 Å². The summed E-state index contributed by atoms with van der Waals surface area (Å²) in [4.78, 5) is 23.0. The first-order chi connectivity index (χ1) is 14.1. The van der Waals surface area contributed by atoms with E-state index in [1.807, 2.05) is 0 Å². The van der Waals surface area contributed by atoms with Crippen LogP contribution in [0.15, 0.2) is 0 Å². The normalized spacial score (nSPS) is 41.9. The number of nitrogens with one attached hydrogen (secondary N) is 2. The van der Waals surface area contributed by atoms with Gasteiger partial charge in [0, 0.05) is 21.0 Å². The Balaban J connectivity index is 2.27. The maximum Gasteiger partial charge on any atom is 0.217 e. The summed E-state index contributed by atoms with van der Waals surface area (Å²) in [6.07, 6.45) is -11.0. The molecule has 0 aromatic rings. The van der Waals surface area contributed by atoms with Crippen molar-refractivity contribution in [2.75, 3.05) is 20.3 Å². The monoisotopic (exact) mass is 438 g/mol. The molecule has 0 aliphatic carbocycles.